The summed E-state index contributed by atoms with van der Waals surface area (Å²) in [7, 11) is 0. The van der Waals surface area contributed by atoms with Crippen LogP contribution < -0.4 is 0 Å². The molecular formula is C11H11FO2. The van der Waals surface area contributed by atoms with Crippen molar-refractivity contribution in [2.24, 2.45) is 0 Å². The topological polar surface area (TPSA) is 37.3 Å². The van der Waals surface area contributed by atoms with E-state index in [-0.39, 0.29) is 5.82 Å². The van der Waals surface area contributed by atoms with Gasteiger partial charge in [0.25, 0.3) is 0 Å². The van der Waals surface area contributed by atoms with Crippen molar-refractivity contribution in [2.75, 3.05) is 0 Å². The second-order valence-corrected chi connectivity index (χ2v) is 2.97. The first-order chi connectivity index (χ1) is 6.65. The Bertz CT molecular complexity index is 330. The predicted octanol–water partition coefficient (Wildman–Crippen LogP) is 2.57. The fourth-order valence-corrected chi connectivity index (χ4v) is 1.24. The Morgan fingerprint density at radius 3 is 2.50 bits per heavy atom. The van der Waals surface area contributed by atoms with Gasteiger partial charge >= 0.3 is 5.97 Å². The molecule has 0 saturated carbocycles. The first kappa shape index (κ1) is 10.4. The summed E-state index contributed by atoms with van der Waals surface area (Å²) in [4.78, 5) is 10.8. The minimum absolute atomic E-state index is 0.348. The smallest absolute Gasteiger partial charge is 0.311 e. The number of aliphatic carboxylic acids is 1. The first-order valence-corrected chi connectivity index (χ1v) is 4.24. The summed E-state index contributed by atoms with van der Waals surface area (Å²) in [5, 5.41) is 8.89. The van der Waals surface area contributed by atoms with Gasteiger partial charge in [-0.15, -0.1) is 6.58 Å². The summed E-state index contributed by atoms with van der Waals surface area (Å²) in [5.41, 5.74) is 0.596. The van der Waals surface area contributed by atoms with E-state index in [0.29, 0.717) is 12.0 Å². The van der Waals surface area contributed by atoms with Gasteiger partial charge in [0.15, 0.2) is 0 Å². The standard InChI is InChI=1S/C11H11FO2/c1-2-3-10(11(13)14)8-4-6-9(12)7-5-8/h2,4-7,10H,1,3H2,(H,13,14). The highest BCUT2D eigenvalue weighted by Crippen LogP contribution is 2.20. The first-order valence-electron chi connectivity index (χ1n) is 4.24. The predicted molar refractivity (Wildman–Crippen MR) is 51.6 cm³/mol. The molecule has 0 bridgehead atoms. The molecule has 74 valence electrons. The third-order valence-electron chi connectivity index (χ3n) is 1.97. The number of halogens is 1. The minimum atomic E-state index is -0.920. The number of hydrogen-bond acceptors (Lipinski definition) is 1. The summed E-state index contributed by atoms with van der Waals surface area (Å²) in [5.74, 6) is -1.92. The number of allylic oxidation sites excluding steroid dienone is 1. The molecule has 0 heterocycles. The molecule has 0 aliphatic heterocycles. The zero-order valence-corrected chi connectivity index (χ0v) is 7.61. The molecule has 0 radical (unpaired) electrons. The monoisotopic (exact) mass is 194 g/mol. The van der Waals surface area contributed by atoms with E-state index in [2.05, 4.69) is 6.58 Å². The summed E-state index contributed by atoms with van der Waals surface area (Å²) in [6.07, 6.45) is 1.89. The molecule has 2 nitrogen and oxygen atoms in total. The van der Waals surface area contributed by atoms with Gasteiger partial charge in [0.2, 0.25) is 0 Å². The molecule has 3 heteroatoms. The normalized spacial score (nSPS) is 12.1. The molecule has 1 aromatic rings. The Hall–Kier alpha value is -1.64. The van der Waals surface area contributed by atoms with Gasteiger partial charge in [-0.25, -0.2) is 4.39 Å². The fraction of sp³-hybridized carbons (Fsp3) is 0.182. The van der Waals surface area contributed by atoms with Crippen molar-refractivity contribution in [1.29, 1.82) is 0 Å². The van der Waals surface area contributed by atoms with Gasteiger partial charge in [0.1, 0.15) is 5.82 Å². The molecule has 1 aromatic carbocycles. The third kappa shape index (κ3) is 2.42. The summed E-state index contributed by atoms with van der Waals surface area (Å²) >= 11 is 0. The Balaban J connectivity index is 2.93. The lowest BCUT2D eigenvalue weighted by Gasteiger charge is -2.09. The number of benzene rings is 1. The van der Waals surface area contributed by atoms with E-state index in [1.54, 1.807) is 6.08 Å². The van der Waals surface area contributed by atoms with Gasteiger partial charge in [0.05, 0.1) is 5.92 Å². The van der Waals surface area contributed by atoms with Gasteiger partial charge in [-0.2, -0.15) is 0 Å². The zero-order valence-electron chi connectivity index (χ0n) is 7.61. The lowest BCUT2D eigenvalue weighted by Crippen LogP contribution is -2.10. The average Bonchev–Trinajstić information content (AvgIpc) is 2.15. The van der Waals surface area contributed by atoms with Crippen LogP contribution >= 0.6 is 0 Å². The highest BCUT2D eigenvalue weighted by atomic mass is 19.1. The van der Waals surface area contributed by atoms with E-state index in [1.807, 2.05) is 0 Å². The van der Waals surface area contributed by atoms with Gasteiger partial charge in [0, 0.05) is 0 Å². The average molecular weight is 194 g/mol. The Kier molecular flexibility index (Phi) is 3.40. The number of carboxylic acids is 1. The van der Waals surface area contributed by atoms with Crippen molar-refractivity contribution in [3.63, 3.8) is 0 Å². The van der Waals surface area contributed by atoms with Crippen molar-refractivity contribution in [3.8, 4) is 0 Å². The molecule has 1 N–H and O–H groups in total. The summed E-state index contributed by atoms with van der Waals surface area (Å²) in [6, 6.07) is 5.48. The van der Waals surface area contributed by atoms with E-state index in [4.69, 9.17) is 5.11 Å². The largest absolute Gasteiger partial charge is 0.481 e. The molecule has 1 atom stereocenters. The third-order valence-corrected chi connectivity index (χ3v) is 1.97. The lowest BCUT2D eigenvalue weighted by atomic mass is 9.96. The van der Waals surface area contributed by atoms with Gasteiger partial charge in [-0.05, 0) is 24.1 Å². The maximum atomic E-state index is 12.6. The summed E-state index contributed by atoms with van der Waals surface area (Å²) in [6.45, 7) is 3.49. The molecule has 0 aliphatic rings. The lowest BCUT2D eigenvalue weighted by molar-refractivity contribution is -0.138. The molecule has 0 fully saturated rings. The van der Waals surface area contributed by atoms with E-state index in [0.717, 1.165) is 0 Å². The summed E-state index contributed by atoms with van der Waals surface area (Å²) < 4.78 is 12.6. The van der Waals surface area contributed by atoms with Crippen LogP contribution in [-0.4, -0.2) is 11.1 Å². The maximum absolute atomic E-state index is 12.6. The van der Waals surface area contributed by atoms with Crippen LogP contribution in [0.4, 0.5) is 4.39 Å². The molecule has 0 saturated heterocycles. The van der Waals surface area contributed by atoms with Crippen LogP contribution in [0.2, 0.25) is 0 Å². The molecule has 1 rings (SSSR count). The van der Waals surface area contributed by atoms with Crippen LogP contribution in [0.15, 0.2) is 36.9 Å². The number of rotatable bonds is 4. The zero-order chi connectivity index (χ0) is 10.6. The van der Waals surface area contributed by atoms with Crippen molar-refractivity contribution < 1.29 is 14.3 Å². The number of carboxylic acid groups (broad SMARTS) is 1. The second-order valence-electron chi connectivity index (χ2n) is 2.97. The highest BCUT2D eigenvalue weighted by Gasteiger charge is 2.17. The van der Waals surface area contributed by atoms with Crippen LogP contribution in [0.1, 0.15) is 17.9 Å². The Morgan fingerprint density at radius 1 is 1.50 bits per heavy atom. The number of hydrogen-bond donors (Lipinski definition) is 1. The molecule has 14 heavy (non-hydrogen) atoms. The van der Waals surface area contributed by atoms with Crippen molar-refractivity contribution in [1.82, 2.24) is 0 Å². The van der Waals surface area contributed by atoms with Crippen LogP contribution in [0.3, 0.4) is 0 Å². The Morgan fingerprint density at radius 2 is 2.07 bits per heavy atom. The highest BCUT2D eigenvalue weighted by molar-refractivity contribution is 5.76. The van der Waals surface area contributed by atoms with Crippen LogP contribution in [0.25, 0.3) is 0 Å². The molecule has 0 amide bonds. The SMILES string of the molecule is C=CCC(C(=O)O)c1ccc(F)cc1. The van der Waals surface area contributed by atoms with Crippen LogP contribution in [0.5, 0.6) is 0 Å². The molecule has 0 spiro atoms. The van der Waals surface area contributed by atoms with Crippen molar-refractivity contribution in [2.45, 2.75) is 12.3 Å². The van der Waals surface area contributed by atoms with Crippen molar-refractivity contribution >= 4 is 5.97 Å². The Labute approximate surface area is 81.7 Å². The van der Waals surface area contributed by atoms with Crippen LogP contribution in [0, 0.1) is 5.82 Å². The molecule has 0 aromatic heterocycles. The van der Waals surface area contributed by atoms with E-state index in [9.17, 15) is 9.18 Å². The van der Waals surface area contributed by atoms with Crippen molar-refractivity contribution in [3.05, 3.63) is 48.3 Å². The second kappa shape index (κ2) is 4.56. The van der Waals surface area contributed by atoms with E-state index < -0.39 is 11.9 Å². The minimum Gasteiger partial charge on any atom is -0.481 e. The number of carbonyl (C=O) groups is 1. The molecular weight excluding hydrogens is 183 g/mol. The maximum Gasteiger partial charge on any atom is 0.311 e. The molecule has 1 unspecified atom stereocenters. The van der Waals surface area contributed by atoms with Gasteiger partial charge in [-0.1, -0.05) is 18.2 Å². The van der Waals surface area contributed by atoms with E-state index in [1.165, 1.54) is 24.3 Å². The quantitative estimate of drug-likeness (QED) is 0.748. The van der Waals surface area contributed by atoms with E-state index >= 15 is 0 Å². The van der Waals surface area contributed by atoms with Gasteiger partial charge in [-0.3, -0.25) is 4.79 Å². The molecule has 0 aliphatic carbocycles. The van der Waals surface area contributed by atoms with Gasteiger partial charge < -0.3 is 5.11 Å². The van der Waals surface area contributed by atoms with Crippen LogP contribution in [-0.2, 0) is 4.79 Å². The fourth-order valence-electron chi connectivity index (χ4n) is 1.24.